The topological polar surface area (TPSA) is 80.5 Å². The van der Waals surface area contributed by atoms with Crippen LogP contribution in [0.15, 0.2) is 58.7 Å². The zero-order valence-electron chi connectivity index (χ0n) is 19.1. The second kappa shape index (κ2) is 9.94. The Kier molecular flexibility index (Phi) is 6.75. The van der Waals surface area contributed by atoms with E-state index in [-0.39, 0.29) is 5.56 Å². The molecule has 0 saturated heterocycles. The number of halogens is 2. The third-order valence-electron chi connectivity index (χ3n) is 6.11. The van der Waals surface area contributed by atoms with E-state index in [1.807, 2.05) is 35.3 Å². The Hall–Kier alpha value is -2.98. The second-order valence-corrected chi connectivity index (χ2v) is 10.8. The number of anilines is 1. The summed E-state index contributed by atoms with van der Waals surface area (Å²) in [5.74, 6) is -1.06. The molecule has 0 amide bonds. The minimum atomic E-state index is -0.757. The Morgan fingerprint density at radius 1 is 1.20 bits per heavy atom. The molecular weight excluding hydrogens is 488 g/mol. The highest BCUT2D eigenvalue weighted by molar-refractivity contribution is 8.15. The van der Waals surface area contributed by atoms with Gasteiger partial charge in [-0.1, -0.05) is 58.5 Å². The van der Waals surface area contributed by atoms with Crippen molar-refractivity contribution in [3.63, 3.8) is 0 Å². The highest BCUT2D eigenvalue weighted by atomic mass is 32.2. The van der Waals surface area contributed by atoms with Crippen LogP contribution in [0, 0.1) is 11.6 Å². The Labute approximate surface area is 210 Å². The predicted octanol–water partition coefficient (Wildman–Crippen LogP) is 6.27. The van der Waals surface area contributed by atoms with Crippen molar-refractivity contribution in [1.82, 2.24) is 9.88 Å². The SMILES string of the molecule is CN1CCc2nc(N3N=C(c4cc(F)ccc4F)SC3(CCCN=[N+]=[N-])c3ccccc3)sc2C1. The first-order valence-electron chi connectivity index (χ1n) is 11.3. The summed E-state index contributed by atoms with van der Waals surface area (Å²) in [5, 5.41) is 11.5. The molecular formula is C24H23F2N7S2. The monoisotopic (exact) mass is 511 g/mol. The molecule has 1 aromatic heterocycles. The van der Waals surface area contributed by atoms with Gasteiger partial charge in [-0.15, -0.1) is 0 Å². The van der Waals surface area contributed by atoms with E-state index in [2.05, 4.69) is 22.0 Å². The van der Waals surface area contributed by atoms with Gasteiger partial charge in [0.25, 0.3) is 0 Å². The highest BCUT2D eigenvalue weighted by Gasteiger charge is 2.48. The zero-order chi connectivity index (χ0) is 24.4. The van der Waals surface area contributed by atoms with Gasteiger partial charge in [0.1, 0.15) is 21.5 Å². The van der Waals surface area contributed by atoms with Crippen LogP contribution < -0.4 is 5.01 Å². The molecule has 1 unspecified atom stereocenters. The lowest BCUT2D eigenvalue weighted by Gasteiger charge is -2.35. The van der Waals surface area contributed by atoms with E-state index in [1.165, 1.54) is 22.7 Å². The summed E-state index contributed by atoms with van der Waals surface area (Å²) in [6.07, 6.45) is 2.01. The van der Waals surface area contributed by atoms with Crippen LogP contribution in [0.2, 0.25) is 0 Å². The number of thioether (sulfide) groups is 1. The van der Waals surface area contributed by atoms with Crippen molar-refractivity contribution < 1.29 is 8.78 Å². The first-order chi connectivity index (χ1) is 17.0. The zero-order valence-corrected chi connectivity index (χ0v) is 20.7. The summed E-state index contributed by atoms with van der Waals surface area (Å²) in [7, 11) is 2.08. The maximum absolute atomic E-state index is 14.8. The third-order valence-corrected chi connectivity index (χ3v) is 8.61. The van der Waals surface area contributed by atoms with Gasteiger partial charge < -0.3 is 4.90 Å². The van der Waals surface area contributed by atoms with Crippen LogP contribution in [-0.2, 0) is 17.8 Å². The number of hydrogen-bond acceptors (Lipinski definition) is 7. The summed E-state index contributed by atoms with van der Waals surface area (Å²) < 4.78 is 28.9. The molecule has 2 aliphatic heterocycles. The van der Waals surface area contributed by atoms with Crippen LogP contribution in [0.4, 0.5) is 13.9 Å². The largest absolute Gasteiger partial charge is 0.301 e. The summed E-state index contributed by atoms with van der Waals surface area (Å²) in [6, 6.07) is 13.3. The molecule has 2 aromatic carbocycles. The number of rotatable bonds is 7. The highest BCUT2D eigenvalue weighted by Crippen LogP contribution is 2.53. The van der Waals surface area contributed by atoms with Gasteiger partial charge in [-0.05, 0) is 49.2 Å². The van der Waals surface area contributed by atoms with Crippen molar-refractivity contribution in [3.05, 3.63) is 92.3 Å². The van der Waals surface area contributed by atoms with Crippen LogP contribution in [0.5, 0.6) is 0 Å². The smallest absolute Gasteiger partial charge is 0.208 e. The predicted molar refractivity (Wildman–Crippen MR) is 136 cm³/mol. The molecule has 0 aliphatic carbocycles. The number of azide groups is 1. The molecule has 0 N–H and O–H groups in total. The van der Waals surface area contributed by atoms with E-state index in [0.717, 1.165) is 48.0 Å². The fraction of sp³-hybridized carbons (Fsp3) is 0.333. The van der Waals surface area contributed by atoms with E-state index < -0.39 is 16.5 Å². The minimum absolute atomic E-state index is 0.119. The first kappa shape index (κ1) is 23.7. The first-order valence-corrected chi connectivity index (χ1v) is 12.9. The second-order valence-electron chi connectivity index (χ2n) is 8.51. The summed E-state index contributed by atoms with van der Waals surface area (Å²) >= 11 is 2.97. The fourth-order valence-electron chi connectivity index (χ4n) is 4.38. The molecule has 0 spiro atoms. The van der Waals surface area contributed by atoms with Crippen LogP contribution in [-0.4, -0.2) is 35.1 Å². The van der Waals surface area contributed by atoms with Crippen LogP contribution >= 0.6 is 23.1 Å². The quantitative estimate of drug-likeness (QED) is 0.162. The molecule has 35 heavy (non-hydrogen) atoms. The van der Waals surface area contributed by atoms with Crippen LogP contribution in [0.1, 0.15) is 34.5 Å². The number of fused-ring (bicyclic) bond motifs is 1. The number of hydrogen-bond donors (Lipinski definition) is 0. The van der Waals surface area contributed by atoms with Crippen molar-refractivity contribution in [2.45, 2.75) is 30.7 Å². The van der Waals surface area contributed by atoms with Gasteiger partial charge in [-0.2, -0.15) is 5.10 Å². The molecule has 1 atom stereocenters. The average Bonchev–Trinajstić information content (AvgIpc) is 3.46. The van der Waals surface area contributed by atoms with Gasteiger partial charge in [0.2, 0.25) is 5.13 Å². The van der Waals surface area contributed by atoms with Gasteiger partial charge in [0.15, 0.2) is 0 Å². The molecule has 11 heteroatoms. The lowest BCUT2D eigenvalue weighted by atomic mass is 10.0. The van der Waals surface area contributed by atoms with Gasteiger partial charge in [-0.25, -0.2) is 18.8 Å². The molecule has 0 fully saturated rings. The minimum Gasteiger partial charge on any atom is -0.301 e. The number of benzene rings is 2. The third kappa shape index (κ3) is 4.64. The maximum atomic E-state index is 14.8. The lowest BCUT2D eigenvalue weighted by Crippen LogP contribution is -2.37. The molecule has 3 aromatic rings. The molecule has 3 heterocycles. The van der Waals surface area contributed by atoms with Crippen molar-refractivity contribution >= 4 is 33.3 Å². The van der Waals surface area contributed by atoms with E-state index in [0.29, 0.717) is 24.4 Å². The van der Waals surface area contributed by atoms with E-state index >= 15 is 0 Å². The molecule has 0 saturated carbocycles. The maximum Gasteiger partial charge on any atom is 0.208 e. The molecule has 180 valence electrons. The summed E-state index contributed by atoms with van der Waals surface area (Å²) in [6.45, 7) is 2.07. The normalized spacial score (nSPS) is 19.9. The molecule has 5 rings (SSSR count). The van der Waals surface area contributed by atoms with Crippen molar-refractivity contribution in [1.29, 1.82) is 0 Å². The summed E-state index contributed by atoms with van der Waals surface area (Å²) in [5.41, 5.74) is 10.9. The number of nitrogens with zero attached hydrogens (tertiary/aromatic N) is 7. The van der Waals surface area contributed by atoms with Crippen molar-refractivity contribution in [2.75, 3.05) is 25.1 Å². The van der Waals surface area contributed by atoms with Crippen LogP contribution in [0.3, 0.4) is 0 Å². The van der Waals surface area contributed by atoms with Crippen LogP contribution in [0.25, 0.3) is 10.4 Å². The lowest BCUT2D eigenvalue weighted by molar-refractivity contribution is 0.314. The number of likely N-dealkylation sites (N-methyl/N-ethyl adjacent to an activating group) is 1. The molecule has 0 bridgehead atoms. The van der Waals surface area contributed by atoms with E-state index in [9.17, 15) is 8.78 Å². The number of hydrazone groups is 1. The Balaban J connectivity index is 1.64. The molecule has 0 radical (unpaired) electrons. The van der Waals surface area contributed by atoms with Crippen molar-refractivity contribution in [3.8, 4) is 0 Å². The van der Waals surface area contributed by atoms with E-state index in [4.69, 9.17) is 15.6 Å². The summed E-state index contributed by atoms with van der Waals surface area (Å²) in [4.78, 5) is 10.5. The standard InChI is InChI=1S/C24H23F2N7S2/c1-32-13-10-20-21(15-32)34-23(29-20)33-24(11-5-12-28-31-27,16-6-3-2-4-7-16)35-22(30-33)18-14-17(25)8-9-19(18)26/h2-4,6-9,14H,5,10-13,15H2,1H3. The van der Waals surface area contributed by atoms with E-state index in [1.54, 1.807) is 11.3 Å². The Morgan fingerprint density at radius 3 is 2.83 bits per heavy atom. The Bertz CT molecular complexity index is 1310. The van der Waals surface area contributed by atoms with Gasteiger partial charge in [-0.3, -0.25) is 0 Å². The number of aromatic nitrogens is 1. The molecule has 2 aliphatic rings. The average molecular weight is 512 g/mol. The Morgan fingerprint density at radius 2 is 2.03 bits per heavy atom. The van der Waals surface area contributed by atoms with Gasteiger partial charge in [0.05, 0.1) is 5.69 Å². The fourth-order valence-corrected chi connectivity index (χ4v) is 7.07. The van der Waals surface area contributed by atoms with Gasteiger partial charge in [0, 0.05) is 41.4 Å². The molecule has 7 nitrogen and oxygen atoms in total. The van der Waals surface area contributed by atoms with Gasteiger partial charge >= 0.3 is 0 Å². The van der Waals surface area contributed by atoms with Crippen molar-refractivity contribution in [2.24, 2.45) is 10.2 Å². The number of thiazole rings is 1.